The quantitative estimate of drug-likeness (QED) is 0.403. The van der Waals surface area contributed by atoms with Crippen molar-refractivity contribution in [3.05, 3.63) is 78.5 Å². The predicted molar refractivity (Wildman–Crippen MR) is 130 cm³/mol. The lowest BCUT2D eigenvalue weighted by atomic mass is 9.92. The Morgan fingerprint density at radius 3 is 2.72 bits per heavy atom. The van der Waals surface area contributed by atoms with Gasteiger partial charge >= 0.3 is 0 Å². The first kappa shape index (κ1) is 22.0. The van der Waals surface area contributed by atoms with Crippen molar-refractivity contribution in [1.82, 2.24) is 29.5 Å². The number of hydrogen-bond acceptors (Lipinski definition) is 8. The Morgan fingerprint density at radius 2 is 1.89 bits per heavy atom. The van der Waals surface area contributed by atoms with Gasteiger partial charge in [-0.05, 0) is 35.9 Å². The van der Waals surface area contributed by atoms with E-state index < -0.39 is 17.6 Å². The summed E-state index contributed by atoms with van der Waals surface area (Å²) >= 11 is 0. The van der Waals surface area contributed by atoms with Crippen molar-refractivity contribution >= 4 is 28.1 Å². The lowest BCUT2D eigenvalue weighted by Gasteiger charge is -2.29. The van der Waals surface area contributed by atoms with Crippen LogP contribution in [-0.4, -0.2) is 61.8 Å². The van der Waals surface area contributed by atoms with Gasteiger partial charge in [0.1, 0.15) is 30.1 Å². The molecular weight excluding hydrogens is 463 g/mol. The van der Waals surface area contributed by atoms with Gasteiger partial charge in [0.05, 0.1) is 24.4 Å². The molecule has 1 unspecified atom stereocenters. The number of amides is 1. The van der Waals surface area contributed by atoms with Crippen LogP contribution in [0.4, 0.5) is 10.1 Å². The highest BCUT2D eigenvalue weighted by atomic mass is 19.1. The van der Waals surface area contributed by atoms with E-state index in [-0.39, 0.29) is 5.56 Å². The standard InChI is InChI=1S/C25H21FN8O2/c26-19-4-1-15(21(24(27)35)23-25-31-14-32-34(25)6-5-28-23)11-18(19)22-17-3-2-16(12-20(17)29-13-30-22)33-7-9-36-10-8-33/h1-6,11-14,21H,7-10H2,(H2,27,35). The Labute approximate surface area is 204 Å². The van der Waals surface area contributed by atoms with E-state index >= 15 is 4.39 Å². The van der Waals surface area contributed by atoms with Gasteiger partial charge in [0.25, 0.3) is 0 Å². The van der Waals surface area contributed by atoms with E-state index in [1.165, 1.54) is 35.5 Å². The first-order valence-corrected chi connectivity index (χ1v) is 11.4. The van der Waals surface area contributed by atoms with E-state index in [2.05, 4.69) is 29.9 Å². The summed E-state index contributed by atoms with van der Waals surface area (Å²) in [6.45, 7) is 2.93. The Hall–Kier alpha value is -4.51. The summed E-state index contributed by atoms with van der Waals surface area (Å²) in [4.78, 5) is 32.2. The number of primary amides is 1. The summed E-state index contributed by atoms with van der Waals surface area (Å²) in [5.41, 5.74) is 9.37. The lowest BCUT2D eigenvalue weighted by molar-refractivity contribution is -0.118. The van der Waals surface area contributed by atoms with E-state index in [1.54, 1.807) is 12.3 Å². The van der Waals surface area contributed by atoms with Crippen LogP contribution >= 0.6 is 0 Å². The third-order valence-corrected chi connectivity index (χ3v) is 6.36. The molecule has 180 valence electrons. The maximum absolute atomic E-state index is 15.2. The number of anilines is 1. The second kappa shape index (κ2) is 8.93. The smallest absolute Gasteiger partial charge is 0.231 e. The Balaban J connectivity index is 1.46. The van der Waals surface area contributed by atoms with Crippen LogP contribution in [0.25, 0.3) is 27.8 Å². The van der Waals surface area contributed by atoms with Crippen LogP contribution in [0.2, 0.25) is 0 Å². The average molecular weight is 484 g/mol. The number of aromatic nitrogens is 6. The monoisotopic (exact) mass is 484 g/mol. The van der Waals surface area contributed by atoms with Crippen molar-refractivity contribution in [2.45, 2.75) is 5.92 Å². The zero-order valence-corrected chi connectivity index (χ0v) is 19.1. The molecule has 0 aliphatic carbocycles. The molecule has 1 atom stereocenters. The summed E-state index contributed by atoms with van der Waals surface area (Å²) in [7, 11) is 0. The fourth-order valence-electron chi connectivity index (χ4n) is 4.62. The highest BCUT2D eigenvalue weighted by Gasteiger charge is 2.27. The number of ether oxygens (including phenoxy) is 1. The number of rotatable bonds is 5. The van der Waals surface area contributed by atoms with Crippen molar-refractivity contribution in [3.63, 3.8) is 0 Å². The number of hydrogen-bond donors (Lipinski definition) is 1. The van der Waals surface area contributed by atoms with Crippen molar-refractivity contribution in [2.75, 3.05) is 31.2 Å². The van der Waals surface area contributed by atoms with Gasteiger partial charge in [0.2, 0.25) is 5.91 Å². The number of fused-ring (bicyclic) bond motifs is 2. The molecule has 36 heavy (non-hydrogen) atoms. The van der Waals surface area contributed by atoms with Crippen molar-refractivity contribution in [3.8, 4) is 11.3 Å². The molecule has 1 aliphatic heterocycles. The minimum atomic E-state index is -0.960. The SMILES string of the molecule is NC(=O)C(c1ccc(F)c(-c2ncnc3cc(N4CCOCC4)ccc23)c1)c1nccn2ncnc12. The van der Waals surface area contributed by atoms with Gasteiger partial charge in [-0.25, -0.2) is 23.9 Å². The van der Waals surface area contributed by atoms with Crippen molar-refractivity contribution in [1.29, 1.82) is 0 Å². The number of carbonyl (C=O) groups is 1. The molecule has 2 aromatic carbocycles. The Morgan fingerprint density at radius 1 is 1.03 bits per heavy atom. The summed E-state index contributed by atoms with van der Waals surface area (Å²) < 4.78 is 22.1. The largest absolute Gasteiger partial charge is 0.378 e. The number of halogens is 1. The molecule has 0 bridgehead atoms. The van der Waals surface area contributed by atoms with Gasteiger partial charge in [-0.1, -0.05) is 6.07 Å². The normalized spacial score (nSPS) is 14.9. The van der Waals surface area contributed by atoms with Gasteiger partial charge in [0.15, 0.2) is 5.65 Å². The van der Waals surface area contributed by atoms with E-state index in [9.17, 15) is 4.79 Å². The number of nitrogens with two attached hydrogens (primary N) is 1. The van der Waals surface area contributed by atoms with Crippen molar-refractivity contribution < 1.29 is 13.9 Å². The molecule has 1 saturated heterocycles. The molecule has 0 spiro atoms. The van der Waals surface area contributed by atoms with Crippen LogP contribution in [0.5, 0.6) is 0 Å². The molecule has 0 radical (unpaired) electrons. The van der Waals surface area contributed by atoms with E-state index in [0.717, 1.165) is 18.8 Å². The summed E-state index contributed by atoms with van der Waals surface area (Å²) in [5.74, 6) is -2.08. The van der Waals surface area contributed by atoms with Gasteiger partial charge in [0, 0.05) is 42.1 Å². The first-order chi connectivity index (χ1) is 17.6. The van der Waals surface area contributed by atoms with Crippen LogP contribution in [0, 0.1) is 5.82 Å². The number of benzene rings is 2. The van der Waals surface area contributed by atoms with E-state index in [1.807, 2.05) is 18.2 Å². The molecule has 2 N–H and O–H groups in total. The molecule has 4 heterocycles. The zero-order chi connectivity index (χ0) is 24.6. The predicted octanol–water partition coefficient (Wildman–Crippen LogP) is 2.33. The molecule has 1 fully saturated rings. The van der Waals surface area contributed by atoms with Crippen LogP contribution in [0.3, 0.4) is 0 Å². The van der Waals surface area contributed by atoms with Crippen LogP contribution < -0.4 is 10.6 Å². The van der Waals surface area contributed by atoms with Crippen LogP contribution in [0.1, 0.15) is 17.2 Å². The first-order valence-electron chi connectivity index (χ1n) is 11.4. The van der Waals surface area contributed by atoms with Crippen LogP contribution in [-0.2, 0) is 9.53 Å². The molecule has 6 rings (SSSR count). The van der Waals surface area contributed by atoms with Gasteiger partial charge in [-0.3, -0.25) is 9.78 Å². The summed E-state index contributed by atoms with van der Waals surface area (Å²) in [6, 6.07) is 10.3. The molecule has 1 amide bonds. The molecule has 10 nitrogen and oxygen atoms in total. The fraction of sp³-hybridized carbons (Fsp3) is 0.200. The third kappa shape index (κ3) is 3.79. The third-order valence-electron chi connectivity index (χ3n) is 6.36. The molecule has 5 aromatic rings. The summed E-state index contributed by atoms with van der Waals surface area (Å²) in [6.07, 6.45) is 5.92. The summed E-state index contributed by atoms with van der Waals surface area (Å²) in [5, 5.41) is 4.79. The molecule has 0 saturated carbocycles. The van der Waals surface area contributed by atoms with Crippen molar-refractivity contribution in [2.24, 2.45) is 5.73 Å². The Kier molecular flexibility index (Phi) is 5.45. The maximum atomic E-state index is 15.2. The topological polar surface area (TPSA) is 124 Å². The van der Waals surface area contributed by atoms with Crippen LogP contribution in [0.15, 0.2) is 61.4 Å². The number of carbonyl (C=O) groups excluding carboxylic acids is 1. The fourth-order valence-corrected chi connectivity index (χ4v) is 4.62. The molecule has 11 heteroatoms. The van der Waals surface area contributed by atoms with Gasteiger partial charge in [-0.15, -0.1) is 0 Å². The maximum Gasteiger partial charge on any atom is 0.231 e. The van der Waals surface area contributed by atoms with E-state index in [0.29, 0.717) is 46.7 Å². The van der Waals surface area contributed by atoms with Gasteiger partial charge < -0.3 is 15.4 Å². The number of nitrogens with zero attached hydrogens (tertiary/aromatic N) is 7. The second-order valence-corrected chi connectivity index (χ2v) is 8.44. The Bertz CT molecular complexity index is 1600. The average Bonchev–Trinajstić information content (AvgIpc) is 3.39. The minimum Gasteiger partial charge on any atom is -0.378 e. The number of morpholine rings is 1. The highest BCUT2D eigenvalue weighted by molar-refractivity contribution is 5.94. The van der Waals surface area contributed by atoms with E-state index in [4.69, 9.17) is 10.5 Å². The highest BCUT2D eigenvalue weighted by Crippen LogP contribution is 2.34. The lowest BCUT2D eigenvalue weighted by Crippen LogP contribution is -2.36. The molecule has 3 aromatic heterocycles. The molecular formula is C25H21FN8O2. The minimum absolute atomic E-state index is 0.235. The second-order valence-electron chi connectivity index (χ2n) is 8.44. The molecule has 1 aliphatic rings. The van der Waals surface area contributed by atoms with Gasteiger partial charge in [-0.2, -0.15) is 5.10 Å². The zero-order valence-electron chi connectivity index (χ0n) is 19.1.